The Hall–Kier alpha value is -2.34. The maximum absolute atomic E-state index is 12.3. The van der Waals surface area contributed by atoms with Crippen LogP contribution in [0.15, 0.2) is 46.9 Å². The van der Waals surface area contributed by atoms with Crippen LogP contribution in [0.2, 0.25) is 0 Å². The molecule has 0 aromatic heterocycles. The third-order valence-electron chi connectivity index (χ3n) is 3.33. The van der Waals surface area contributed by atoms with Crippen molar-refractivity contribution in [2.45, 2.75) is 20.0 Å². The summed E-state index contributed by atoms with van der Waals surface area (Å²) in [4.78, 5) is 24.4. The predicted octanol–water partition coefficient (Wildman–Crippen LogP) is 3.95. The standard InChI is InChI=1S/C18H18BrNO4/c1-11-5-4-6-13(9-11)20-17(21)12(2)24-18(22)15-10-14(23-3)7-8-16(15)19/h4-10,12H,1-3H3,(H,20,21)/t12-/m0/s1. The summed E-state index contributed by atoms with van der Waals surface area (Å²) >= 11 is 3.29. The lowest BCUT2D eigenvalue weighted by Crippen LogP contribution is -2.30. The topological polar surface area (TPSA) is 64.6 Å². The summed E-state index contributed by atoms with van der Waals surface area (Å²) in [6.45, 7) is 3.45. The zero-order valence-corrected chi connectivity index (χ0v) is 15.2. The number of ether oxygens (including phenoxy) is 2. The van der Waals surface area contributed by atoms with Crippen LogP contribution in [-0.4, -0.2) is 25.1 Å². The lowest BCUT2D eigenvalue weighted by molar-refractivity contribution is -0.123. The van der Waals surface area contributed by atoms with Crippen LogP contribution in [0.4, 0.5) is 5.69 Å². The third-order valence-corrected chi connectivity index (χ3v) is 4.02. The Kier molecular flexibility index (Phi) is 5.98. The van der Waals surface area contributed by atoms with E-state index in [4.69, 9.17) is 9.47 Å². The van der Waals surface area contributed by atoms with E-state index in [1.807, 2.05) is 25.1 Å². The summed E-state index contributed by atoms with van der Waals surface area (Å²) in [5.74, 6) is -0.470. The zero-order valence-electron chi connectivity index (χ0n) is 13.6. The minimum absolute atomic E-state index is 0.296. The Morgan fingerprint density at radius 3 is 2.58 bits per heavy atom. The number of amides is 1. The van der Waals surface area contributed by atoms with Gasteiger partial charge in [-0.2, -0.15) is 0 Å². The van der Waals surface area contributed by atoms with E-state index in [2.05, 4.69) is 21.2 Å². The highest BCUT2D eigenvalue weighted by Crippen LogP contribution is 2.23. The van der Waals surface area contributed by atoms with Crippen molar-refractivity contribution in [3.8, 4) is 5.75 Å². The number of aryl methyl sites for hydroxylation is 1. The normalized spacial score (nSPS) is 11.5. The maximum atomic E-state index is 12.3. The van der Waals surface area contributed by atoms with E-state index in [-0.39, 0.29) is 0 Å². The number of methoxy groups -OCH3 is 1. The average Bonchev–Trinajstić information content (AvgIpc) is 2.55. The quantitative estimate of drug-likeness (QED) is 0.783. The maximum Gasteiger partial charge on any atom is 0.340 e. The number of halogens is 1. The van der Waals surface area contributed by atoms with Crippen LogP contribution in [0.1, 0.15) is 22.8 Å². The fourth-order valence-electron chi connectivity index (χ4n) is 2.03. The van der Waals surface area contributed by atoms with Gasteiger partial charge in [-0.25, -0.2) is 4.79 Å². The Morgan fingerprint density at radius 2 is 1.92 bits per heavy atom. The molecule has 5 nitrogen and oxygen atoms in total. The van der Waals surface area contributed by atoms with Crippen molar-refractivity contribution >= 4 is 33.5 Å². The molecule has 1 N–H and O–H groups in total. The molecule has 1 atom stereocenters. The molecule has 0 unspecified atom stereocenters. The van der Waals surface area contributed by atoms with Crippen LogP contribution in [0.5, 0.6) is 5.75 Å². The first-order valence-corrected chi connectivity index (χ1v) is 8.12. The first kappa shape index (κ1) is 18.0. The van der Waals surface area contributed by atoms with Crippen molar-refractivity contribution in [3.05, 3.63) is 58.1 Å². The molecule has 1 amide bonds. The fraction of sp³-hybridized carbons (Fsp3) is 0.222. The van der Waals surface area contributed by atoms with E-state index in [1.54, 1.807) is 24.3 Å². The van der Waals surface area contributed by atoms with Crippen molar-refractivity contribution in [2.75, 3.05) is 12.4 Å². The van der Waals surface area contributed by atoms with Crippen molar-refractivity contribution in [2.24, 2.45) is 0 Å². The smallest absolute Gasteiger partial charge is 0.340 e. The Bertz CT molecular complexity index is 760. The molecule has 2 aromatic rings. The monoisotopic (exact) mass is 391 g/mol. The molecule has 0 aliphatic heterocycles. The highest BCUT2D eigenvalue weighted by Gasteiger charge is 2.21. The highest BCUT2D eigenvalue weighted by atomic mass is 79.9. The Labute approximate surface area is 149 Å². The molecule has 0 bridgehead atoms. The van der Waals surface area contributed by atoms with Gasteiger partial charge in [-0.05, 0) is 65.7 Å². The number of nitrogens with one attached hydrogen (secondary N) is 1. The van der Waals surface area contributed by atoms with E-state index in [1.165, 1.54) is 14.0 Å². The third kappa shape index (κ3) is 4.58. The molecule has 0 fully saturated rings. The fourth-order valence-corrected chi connectivity index (χ4v) is 2.44. The van der Waals surface area contributed by atoms with Crippen LogP contribution < -0.4 is 10.1 Å². The summed E-state index contributed by atoms with van der Waals surface area (Å²) in [5, 5.41) is 2.72. The van der Waals surface area contributed by atoms with Gasteiger partial charge in [0.2, 0.25) is 0 Å². The van der Waals surface area contributed by atoms with E-state index in [0.29, 0.717) is 21.5 Å². The SMILES string of the molecule is COc1ccc(Br)c(C(=O)O[C@@H](C)C(=O)Nc2cccc(C)c2)c1. The van der Waals surface area contributed by atoms with Crippen LogP contribution in [-0.2, 0) is 9.53 Å². The van der Waals surface area contributed by atoms with E-state index in [0.717, 1.165) is 5.56 Å². The van der Waals surface area contributed by atoms with Crippen LogP contribution >= 0.6 is 15.9 Å². The molecule has 2 rings (SSSR count). The molecule has 6 heteroatoms. The molecule has 126 valence electrons. The van der Waals surface area contributed by atoms with E-state index >= 15 is 0 Å². The molecule has 0 spiro atoms. The van der Waals surface area contributed by atoms with Crippen molar-refractivity contribution in [1.82, 2.24) is 0 Å². The molecule has 0 heterocycles. The molecule has 0 saturated carbocycles. The predicted molar refractivity (Wildman–Crippen MR) is 95.4 cm³/mol. The average molecular weight is 392 g/mol. The number of hydrogen-bond donors (Lipinski definition) is 1. The molecule has 0 aliphatic rings. The summed E-state index contributed by atoms with van der Waals surface area (Å²) in [7, 11) is 1.51. The van der Waals surface area contributed by atoms with Gasteiger partial charge in [0.15, 0.2) is 6.10 Å². The van der Waals surface area contributed by atoms with Crippen molar-refractivity contribution in [3.63, 3.8) is 0 Å². The molecular formula is C18H18BrNO4. The number of carbonyl (C=O) groups is 2. The van der Waals surface area contributed by atoms with E-state index in [9.17, 15) is 9.59 Å². The zero-order chi connectivity index (χ0) is 17.7. The van der Waals surface area contributed by atoms with Gasteiger partial charge in [0, 0.05) is 10.2 Å². The molecule has 0 aliphatic carbocycles. The largest absolute Gasteiger partial charge is 0.497 e. The van der Waals surface area contributed by atoms with Crippen LogP contribution in [0, 0.1) is 6.92 Å². The minimum Gasteiger partial charge on any atom is -0.497 e. The second-order valence-electron chi connectivity index (χ2n) is 5.25. The molecule has 0 saturated heterocycles. The van der Waals surface area contributed by atoms with Gasteiger partial charge in [0.05, 0.1) is 12.7 Å². The van der Waals surface area contributed by atoms with Gasteiger partial charge in [0.25, 0.3) is 5.91 Å². The summed E-state index contributed by atoms with van der Waals surface area (Å²) in [5.41, 5.74) is 1.98. The van der Waals surface area contributed by atoms with Gasteiger partial charge in [0.1, 0.15) is 5.75 Å². The van der Waals surface area contributed by atoms with Crippen molar-refractivity contribution < 1.29 is 19.1 Å². The first-order chi connectivity index (χ1) is 11.4. The second-order valence-corrected chi connectivity index (χ2v) is 6.11. The summed E-state index contributed by atoms with van der Waals surface area (Å²) < 4.78 is 10.9. The number of rotatable bonds is 5. The number of anilines is 1. The number of hydrogen-bond acceptors (Lipinski definition) is 4. The van der Waals surface area contributed by atoms with Gasteiger partial charge >= 0.3 is 5.97 Å². The molecular weight excluding hydrogens is 374 g/mol. The highest BCUT2D eigenvalue weighted by molar-refractivity contribution is 9.10. The number of esters is 1. The van der Waals surface area contributed by atoms with Gasteiger partial charge in [-0.15, -0.1) is 0 Å². The molecule has 2 aromatic carbocycles. The number of benzene rings is 2. The number of carbonyl (C=O) groups excluding carboxylic acids is 2. The van der Waals surface area contributed by atoms with Crippen molar-refractivity contribution in [1.29, 1.82) is 0 Å². The van der Waals surface area contributed by atoms with Gasteiger partial charge in [-0.3, -0.25) is 4.79 Å². The van der Waals surface area contributed by atoms with Crippen LogP contribution in [0.3, 0.4) is 0 Å². The van der Waals surface area contributed by atoms with Gasteiger partial charge in [-0.1, -0.05) is 12.1 Å². The molecule has 24 heavy (non-hydrogen) atoms. The second kappa shape index (κ2) is 7.97. The van der Waals surface area contributed by atoms with Gasteiger partial charge < -0.3 is 14.8 Å². The van der Waals surface area contributed by atoms with Crippen LogP contribution in [0.25, 0.3) is 0 Å². The Balaban J connectivity index is 2.04. The summed E-state index contributed by atoms with van der Waals surface area (Å²) in [6.07, 6.45) is -0.934. The van der Waals surface area contributed by atoms with E-state index < -0.39 is 18.0 Å². The summed E-state index contributed by atoms with van der Waals surface area (Å²) in [6, 6.07) is 12.3. The first-order valence-electron chi connectivity index (χ1n) is 7.32. The lowest BCUT2D eigenvalue weighted by Gasteiger charge is -2.14. The minimum atomic E-state index is -0.934. The molecule has 0 radical (unpaired) electrons. The Morgan fingerprint density at radius 1 is 1.17 bits per heavy atom. The lowest BCUT2D eigenvalue weighted by atomic mass is 10.2.